The summed E-state index contributed by atoms with van der Waals surface area (Å²) in [5.74, 6) is 1.42. The van der Waals surface area contributed by atoms with E-state index >= 15 is 0 Å². The summed E-state index contributed by atoms with van der Waals surface area (Å²) in [6, 6.07) is 9.16. The lowest BCUT2D eigenvalue weighted by Crippen LogP contribution is -2.13. The number of aryl methyl sites for hydroxylation is 1. The van der Waals surface area contributed by atoms with Crippen molar-refractivity contribution in [2.75, 3.05) is 18.6 Å². The molecule has 1 aromatic carbocycles. The molecule has 0 saturated heterocycles. The molecule has 3 aromatic heterocycles. The van der Waals surface area contributed by atoms with E-state index in [4.69, 9.17) is 26.1 Å². The van der Waals surface area contributed by atoms with Crippen LogP contribution in [-0.2, 0) is 16.4 Å². The minimum atomic E-state index is -3.12. The molecule has 1 aliphatic rings. The number of ether oxygens (including phenoxy) is 2. The second-order valence-electron chi connectivity index (χ2n) is 9.37. The largest absolute Gasteiger partial charge is 0.492 e. The quantitative estimate of drug-likeness (QED) is 0.318. The van der Waals surface area contributed by atoms with Gasteiger partial charge in [0.15, 0.2) is 21.0 Å². The first-order chi connectivity index (χ1) is 17.1. The molecule has 1 fully saturated rings. The van der Waals surface area contributed by atoms with Crippen LogP contribution in [0.4, 0.5) is 0 Å². The summed E-state index contributed by atoms with van der Waals surface area (Å²) in [7, 11) is -3.12. The van der Waals surface area contributed by atoms with Gasteiger partial charge in [0.1, 0.15) is 30.1 Å². The van der Waals surface area contributed by atoms with Crippen LogP contribution in [0.15, 0.2) is 42.9 Å². The fourth-order valence-corrected chi connectivity index (χ4v) is 4.42. The molecule has 0 atom stereocenters. The molecule has 36 heavy (non-hydrogen) atoms. The van der Waals surface area contributed by atoms with Gasteiger partial charge in [0, 0.05) is 18.0 Å². The minimum absolute atomic E-state index is 0.0428. The Morgan fingerprint density at radius 3 is 2.64 bits per heavy atom. The number of imidazole rings is 1. The maximum absolute atomic E-state index is 11.4. The Hall–Kier alpha value is -3.24. The molecule has 1 aliphatic carbocycles. The molecule has 0 N–H and O–H groups in total. The number of hydrogen-bond acceptors (Lipinski definition) is 8. The number of hydrogen-bond donors (Lipinski definition) is 0. The Morgan fingerprint density at radius 1 is 1.14 bits per heavy atom. The van der Waals surface area contributed by atoms with E-state index in [1.54, 1.807) is 24.4 Å². The Bertz CT molecular complexity index is 1550. The van der Waals surface area contributed by atoms with Crippen molar-refractivity contribution in [3.05, 3.63) is 59.1 Å². The maximum atomic E-state index is 11.4. The van der Waals surface area contributed by atoms with E-state index < -0.39 is 9.84 Å². The van der Waals surface area contributed by atoms with E-state index in [-0.39, 0.29) is 18.0 Å². The SMILES string of the molecule is Cc1ccnc(Cn2c(-c3ccc(OCCS(C)(=O)=O)cc3Cl)nc3c(OC4(C)CC4)ncnc32)c1. The summed E-state index contributed by atoms with van der Waals surface area (Å²) in [6.07, 6.45) is 6.36. The van der Waals surface area contributed by atoms with Crippen LogP contribution in [-0.4, -0.2) is 57.1 Å². The third-order valence-corrected chi connectivity index (χ3v) is 7.21. The zero-order valence-corrected chi connectivity index (χ0v) is 21.8. The van der Waals surface area contributed by atoms with E-state index in [1.807, 2.05) is 23.6 Å². The Balaban J connectivity index is 1.56. The van der Waals surface area contributed by atoms with E-state index in [1.165, 1.54) is 12.6 Å². The van der Waals surface area contributed by atoms with Crippen LogP contribution in [0.25, 0.3) is 22.6 Å². The summed E-state index contributed by atoms with van der Waals surface area (Å²) in [6.45, 7) is 4.53. The first-order valence-electron chi connectivity index (χ1n) is 11.5. The highest BCUT2D eigenvalue weighted by Gasteiger charge is 2.41. The van der Waals surface area contributed by atoms with Gasteiger partial charge in [0.05, 0.1) is 23.0 Å². The molecule has 188 valence electrons. The van der Waals surface area contributed by atoms with Crippen molar-refractivity contribution in [3.63, 3.8) is 0 Å². The van der Waals surface area contributed by atoms with Crippen LogP contribution in [0.3, 0.4) is 0 Å². The van der Waals surface area contributed by atoms with Crippen LogP contribution in [0.2, 0.25) is 5.02 Å². The van der Waals surface area contributed by atoms with E-state index in [2.05, 4.69) is 21.9 Å². The number of sulfone groups is 1. The Morgan fingerprint density at radius 2 is 1.94 bits per heavy atom. The van der Waals surface area contributed by atoms with Gasteiger partial charge in [0.2, 0.25) is 5.88 Å². The molecule has 11 heteroatoms. The molecule has 4 aromatic rings. The molecule has 3 heterocycles. The maximum Gasteiger partial charge on any atom is 0.245 e. The number of aromatic nitrogens is 5. The van der Waals surface area contributed by atoms with Gasteiger partial charge in [0.25, 0.3) is 0 Å². The normalized spacial score (nSPS) is 14.7. The van der Waals surface area contributed by atoms with E-state index in [0.717, 1.165) is 24.1 Å². The number of rotatable bonds is 9. The highest BCUT2D eigenvalue weighted by molar-refractivity contribution is 7.90. The van der Waals surface area contributed by atoms with E-state index in [0.29, 0.717) is 45.7 Å². The van der Waals surface area contributed by atoms with Gasteiger partial charge >= 0.3 is 0 Å². The highest BCUT2D eigenvalue weighted by Crippen LogP contribution is 2.41. The van der Waals surface area contributed by atoms with Gasteiger partial charge in [-0.3, -0.25) is 4.98 Å². The summed E-state index contributed by atoms with van der Waals surface area (Å²) < 4.78 is 36.5. The predicted octanol–water partition coefficient (Wildman–Crippen LogP) is 4.25. The standard InChI is InChI=1S/C25H26ClN5O4S/c1-16-6-9-27-17(12-16)14-31-22(19-5-4-18(13-20(19)26)34-10-11-36(3,32)33)30-21-23(31)28-15-29-24(21)35-25(2)7-8-25/h4-6,9,12-13,15H,7-8,10-11,14H2,1-3H3. The lowest BCUT2D eigenvalue weighted by molar-refractivity contribution is 0.194. The zero-order valence-electron chi connectivity index (χ0n) is 20.2. The molecule has 5 rings (SSSR count). The lowest BCUT2D eigenvalue weighted by Gasteiger charge is -2.12. The summed E-state index contributed by atoms with van der Waals surface area (Å²) in [4.78, 5) is 18.3. The first kappa shape index (κ1) is 24.5. The van der Waals surface area contributed by atoms with Gasteiger partial charge in [-0.15, -0.1) is 0 Å². The van der Waals surface area contributed by atoms with Crippen LogP contribution in [0, 0.1) is 6.92 Å². The van der Waals surface area contributed by atoms with Crippen molar-refractivity contribution in [3.8, 4) is 23.0 Å². The van der Waals surface area contributed by atoms with Gasteiger partial charge in [-0.1, -0.05) is 11.6 Å². The fraction of sp³-hybridized carbons (Fsp3) is 0.360. The first-order valence-corrected chi connectivity index (χ1v) is 14.0. The molecule has 0 radical (unpaired) electrons. The third kappa shape index (κ3) is 5.44. The van der Waals surface area contributed by atoms with Gasteiger partial charge in [-0.25, -0.2) is 18.4 Å². The van der Waals surface area contributed by atoms with Crippen molar-refractivity contribution in [2.24, 2.45) is 0 Å². The van der Waals surface area contributed by atoms with E-state index in [9.17, 15) is 8.42 Å². The monoisotopic (exact) mass is 527 g/mol. The molecule has 0 aliphatic heterocycles. The van der Waals surface area contributed by atoms with Crippen molar-refractivity contribution < 1.29 is 17.9 Å². The average molecular weight is 528 g/mol. The molecule has 0 unspecified atom stereocenters. The van der Waals surface area contributed by atoms with Gasteiger partial charge in [-0.05, 0) is 62.6 Å². The topological polar surface area (TPSA) is 109 Å². The summed E-state index contributed by atoms with van der Waals surface area (Å²) in [5.41, 5.74) is 3.56. The smallest absolute Gasteiger partial charge is 0.245 e. The highest BCUT2D eigenvalue weighted by atomic mass is 35.5. The average Bonchev–Trinajstić information content (AvgIpc) is 3.42. The van der Waals surface area contributed by atoms with Crippen molar-refractivity contribution >= 4 is 32.6 Å². The van der Waals surface area contributed by atoms with Gasteiger partial charge in [-0.2, -0.15) is 4.98 Å². The third-order valence-electron chi connectivity index (χ3n) is 5.99. The molecule has 0 amide bonds. The zero-order chi connectivity index (χ0) is 25.5. The minimum Gasteiger partial charge on any atom is -0.492 e. The summed E-state index contributed by atoms with van der Waals surface area (Å²) >= 11 is 6.68. The number of halogens is 1. The number of fused-ring (bicyclic) bond motifs is 1. The van der Waals surface area contributed by atoms with Crippen LogP contribution < -0.4 is 9.47 Å². The molecule has 1 saturated carbocycles. The number of nitrogens with zero attached hydrogens (tertiary/aromatic N) is 5. The molecule has 0 spiro atoms. The van der Waals surface area contributed by atoms with Gasteiger partial charge < -0.3 is 14.0 Å². The van der Waals surface area contributed by atoms with Crippen molar-refractivity contribution in [2.45, 2.75) is 38.8 Å². The van der Waals surface area contributed by atoms with Crippen LogP contribution in [0.1, 0.15) is 31.0 Å². The van der Waals surface area contributed by atoms with Crippen LogP contribution >= 0.6 is 11.6 Å². The number of benzene rings is 1. The second kappa shape index (κ2) is 9.33. The van der Waals surface area contributed by atoms with Crippen LogP contribution in [0.5, 0.6) is 11.6 Å². The second-order valence-corrected chi connectivity index (χ2v) is 12.0. The molecular weight excluding hydrogens is 502 g/mol. The Kier molecular flexibility index (Phi) is 6.34. The van der Waals surface area contributed by atoms with Crippen molar-refractivity contribution in [1.29, 1.82) is 0 Å². The van der Waals surface area contributed by atoms with Crippen molar-refractivity contribution in [1.82, 2.24) is 24.5 Å². The number of pyridine rings is 1. The Labute approximate surface area is 214 Å². The predicted molar refractivity (Wildman–Crippen MR) is 137 cm³/mol. The molecule has 9 nitrogen and oxygen atoms in total. The molecular formula is C25H26ClN5O4S. The lowest BCUT2D eigenvalue weighted by atomic mass is 10.2. The fourth-order valence-electron chi connectivity index (χ4n) is 3.78. The summed E-state index contributed by atoms with van der Waals surface area (Å²) in [5, 5.41) is 0.408. The molecule has 0 bridgehead atoms.